The van der Waals surface area contributed by atoms with Gasteiger partial charge in [0.25, 0.3) is 0 Å². The minimum Gasteiger partial charge on any atom is -0.393 e. The molecule has 9 heteroatoms. The molecule has 45 heavy (non-hydrogen) atoms. The van der Waals surface area contributed by atoms with Crippen LogP contribution in [0.25, 0.3) is 11.1 Å². The van der Waals surface area contributed by atoms with Crippen LogP contribution >= 0.6 is 11.3 Å². The Morgan fingerprint density at radius 2 is 1.56 bits per heavy atom. The van der Waals surface area contributed by atoms with Crippen LogP contribution in [0.5, 0.6) is 0 Å². The SMILES string of the molecule is CN(C(=O)CCCC(C)(C)N)[C@H](Cc1ccc(-c2ccccc2)cc1)C(=O)N(C)[C@H](Cc1cccs1)C(=O)N1CCC(O)CC1. The van der Waals surface area contributed by atoms with Crippen LogP contribution in [0.2, 0.25) is 0 Å². The van der Waals surface area contributed by atoms with E-state index in [-0.39, 0.29) is 29.7 Å². The predicted octanol–water partition coefficient (Wildman–Crippen LogP) is 4.75. The Bertz CT molecular complexity index is 1380. The molecule has 3 aromatic rings. The van der Waals surface area contributed by atoms with Crippen molar-refractivity contribution < 1.29 is 19.5 Å². The van der Waals surface area contributed by atoms with Crippen molar-refractivity contribution in [2.75, 3.05) is 27.2 Å². The summed E-state index contributed by atoms with van der Waals surface area (Å²) in [4.78, 5) is 47.7. The maximum absolute atomic E-state index is 14.4. The van der Waals surface area contributed by atoms with Gasteiger partial charge >= 0.3 is 0 Å². The summed E-state index contributed by atoms with van der Waals surface area (Å²) in [7, 11) is 3.37. The number of nitrogens with zero attached hydrogens (tertiary/aromatic N) is 3. The number of hydrogen-bond acceptors (Lipinski definition) is 6. The van der Waals surface area contributed by atoms with E-state index in [2.05, 4.69) is 12.1 Å². The average molecular weight is 633 g/mol. The Balaban J connectivity index is 1.59. The fourth-order valence-electron chi connectivity index (χ4n) is 5.82. The molecule has 0 radical (unpaired) electrons. The second kappa shape index (κ2) is 15.7. The third kappa shape index (κ3) is 9.73. The first-order valence-corrected chi connectivity index (χ1v) is 16.8. The number of nitrogens with two attached hydrogens (primary N) is 1. The zero-order chi connectivity index (χ0) is 32.6. The number of thiophene rings is 1. The minimum atomic E-state index is -0.794. The van der Waals surface area contributed by atoms with Gasteiger partial charge in [-0.05, 0) is 67.7 Å². The van der Waals surface area contributed by atoms with Crippen LogP contribution in [0, 0.1) is 0 Å². The van der Waals surface area contributed by atoms with Gasteiger partial charge in [-0.2, -0.15) is 0 Å². The lowest BCUT2D eigenvalue weighted by atomic mass is 9.97. The summed E-state index contributed by atoms with van der Waals surface area (Å²) in [5, 5.41) is 12.0. The normalized spacial score (nSPS) is 15.4. The van der Waals surface area contributed by atoms with Crippen molar-refractivity contribution in [3.05, 3.63) is 82.6 Å². The summed E-state index contributed by atoms with van der Waals surface area (Å²) in [6.07, 6.45) is 2.93. The Hall–Kier alpha value is -3.53. The van der Waals surface area contributed by atoms with Crippen molar-refractivity contribution in [3.8, 4) is 11.1 Å². The van der Waals surface area contributed by atoms with E-state index in [0.717, 1.165) is 21.6 Å². The Morgan fingerprint density at radius 1 is 0.911 bits per heavy atom. The maximum atomic E-state index is 14.4. The summed E-state index contributed by atoms with van der Waals surface area (Å²) in [5.41, 5.74) is 8.87. The molecule has 2 heterocycles. The quantitative estimate of drug-likeness (QED) is 0.283. The predicted molar refractivity (Wildman–Crippen MR) is 181 cm³/mol. The molecule has 0 spiro atoms. The lowest BCUT2D eigenvalue weighted by Crippen LogP contribution is -2.57. The second-order valence-corrected chi connectivity index (χ2v) is 14.0. The van der Waals surface area contributed by atoms with Crippen LogP contribution < -0.4 is 5.73 Å². The van der Waals surface area contributed by atoms with Gasteiger partial charge in [-0.25, -0.2) is 0 Å². The molecule has 1 aliphatic heterocycles. The molecule has 8 nitrogen and oxygen atoms in total. The molecule has 0 aliphatic carbocycles. The Morgan fingerprint density at radius 3 is 2.16 bits per heavy atom. The molecule has 0 bridgehead atoms. The van der Waals surface area contributed by atoms with E-state index in [4.69, 9.17) is 5.73 Å². The number of amides is 3. The first-order valence-electron chi connectivity index (χ1n) is 15.9. The van der Waals surface area contributed by atoms with E-state index in [9.17, 15) is 19.5 Å². The molecule has 1 aromatic heterocycles. The number of carbonyl (C=O) groups excluding carboxylic acids is 3. The van der Waals surface area contributed by atoms with Crippen LogP contribution in [0.4, 0.5) is 0 Å². The number of carbonyl (C=O) groups is 3. The van der Waals surface area contributed by atoms with E-state index in [1.54, 1.807) is 40.1 Å². The summed E-state index contributed by atoms with van der Waals surface area (Å²) >= 11 is 1.55. The number of piperidine rings is 1. The van der Waals surface area contributed by atoms with E-state index in [1.165, 1.54) is 0 Å². The second-order valence-electron chi connectivity index (χ2n) is 12.9. The van der Waals surface area contributed by atoms with Crippen molar-refractivity contribution in [1.82, 2.24) is 14.7 Å². The number of likely N-dealkylation sites (tertiary alicyclic amines) is 1. The van der Waals surface area contributed by atoms with Gasteiger partial charge in [0.05, 0.1) is 6.10 Å². The number of rotatable bonds is 13. The van der Waals surface area contributed by atoms with E-state index < -0.39 is 18.2 Å². The Kier molecular flexibility index (Phi) is 11.9. The van der Waals surface area contributed by atoms with Crippen molar-refractivity contribution in [1.29, 1.82) is 0 Å². The molecule has 1 aliphatic rings. The van der Waals surface area contributed by atoms with Crippen LogP contribution in [-0.4, -0.2) is 88.4 Å². The zero-order valence-corrected chi connectivity index (χ0v) is 27.8. The molecule has 2 atom stereocenters. The summed E-state index contributed by atoms with van der Waals surface area (Å²) in [6, 6.07) is 20.6. The van der Waals surface area contributed by atoms with E-state index in [0.29, 0.717) is 51.6 Å². The lowest BCUT2D eigenvalue weighted by molar-refractivity contribution is -0.150. The monoisotopic (exact) mass is 632 g/mol. The van der Waals surface area contributed by atoms with Gasteiger partial charge in [0.1, 0.15) is 12.1 Å². The highest BCUT2D eigenvalue weighted by Gasteiger charge is 2.37. The fraction of sp³-hybridized carbons (Fsp3) is 0.472. The molecule has 0 unspecified atom stereocenters. The van der Waals surface area contributed by atoms with Gasteiger partial charge in [-0.1, -0.05) is 60.7 Å². The maximum Gasteiger partial charge on any atom is 0.246 e. The molecule has 1 fully saturated rings. The molecule has 4 rings (SSSR count). The van der Waals surface area contributed by atoms with Gasteiger partial charge in [0, 0.05) is 56.9 Å². The van der Waals surface area contributed by atoms with E-state index >= 15 is 0 Å². The number of benzene rings is 2. The van der Waals surface area contributed by atoms with Crippen molar-refractivity contribution in [3.63, 3.8) is 0 Å². The summed E-state index contributed by atoms with van der Waals surface area (Å²) in [5.74, 6) is -0.529. The van der Waals surface area contributed by atoms with Crippen molar-refractivity contribution in [2.45, 2.75) is 82.5 Å². The first-order chi connectivity index (χ1) is 21.4. The summed E-state index contributed by atoms with van der Waals surface area (Å²) in [6.45, 7) is 4.79. The molecule has 2 aromatic carbocycles. The van der Waals surface area contributed by atoms with Crippen molar-refractivity contribution in [2.24, 2.45) is 5.73 Å². The molecule has 1 saturated heterocycles. The van der Waals surface area contributed by atoms with Crippen molar-refractivity contribution >= 4 is 29.1 Å². The molecular weight excluding hydrogens is 584 g/mol. The number of likely N-dealkylation sites (N-methyl/N-ethyl adjacent to an activating group) is 2. The zero-order valence-electron chi connectivity index (χ0n) is 27.0. The average Bonchev–Trinajstić information content (AvgIpc) is 3.55. The first kappa shape index (κ1) is 34.3. The van der Waals surface area contributed by atoms with Crippen LogP contribution in [-0.2, 0) is 27.2 Å². The van der Waals surface area contributed by atoms with E-state index in [1.807, 2.05) is 73.8 Å². The van der Waals surface area contributed by atoms with Gasteiger partial charge < -0.3 is 25.5 Å². The third-order valence-electron chi connectivity index (χ3n) is 8.70. The number of aliphatic hydroxyl groups is 1. The van der Waals surface area contributed by atoms with Crippen LogP contribution in [0.3, 0.4) is 0 Å². The molecule has 3 amide bonds. The minimum absolute atomic E-state index is 0.127. The smallest absolute Gasteiger partial charge is 0.246 e. The van der Waals surface area contributed by atoms with Crippen LogP contribution in [0.15, 0.2) is 72.1 Å². The van der Waals surface area contributed by atoms with Gasteiger partial charge in [0.2, 0.25) is 17.7 Å². The third-order valence-corrected chi connectivity index (χ3v) is 9.60. The molecular formula is C36H48N4O4S. The van der Waals surface area contributed by atoms with Crippen LogP contribution in [0.1, 0.15) is 56.4 Å². The molecule has 0 saturated carbocycles. The lowest BCUT2D eigenvalue weighted by Gasteiger charge is -2.38. The largest absolute Gasteiger partial charge is 0.393 e. The van der Waals surface area contributed by atoms with Gasteiger partial charge in [-0.15, -0.1) is 11.3 Å². The Labute approximate surface area is 271 Å². The fourth-order valence-corrected chi connectivity index (χ4v) is 6.56. The van der Waals surface area contributed by atoms with Gasteiger partial charge in [-0.3, -0.25) is 14.4 Å². The van der Waals surface area contributed by atoms with Gasteiger partial charge in [0.15, 0.2) is 0 Å². The molecule has 242 valence electrons. The number of aliphatic hydroxyl groups excluding tert-OH is 1. The highest BCUT2D eigenvalue weighted by atomic mass is 32.1. The molecule has 3 N–H and O–H groups in total. The highest BCUT2D eigenvalue weighted by molar-refractivity contribution is 7.09. The summed E-state index contributed by atoms with van der Waals surface area (Å²) < 4.78 is 0. The highest BCUT2D eigenvalue weighted by Crippen LogP contribution is 2.23. The number of hydrogen-bond donors (Lipinski definition) is 2. The topological polar surface area (TPSA) is 107 Å². The standard InChI is InChI=1S/C36H48N4O4S/c1-36(2,37)20-8-13-33(42)38(3)31(24-26-14-16-28(17-15-26)27-10-6-5-7-11-27)34(43)39(4)32(25-30-12-9-23-45-30)35(44)40-21-18-29(41)19-22-40/h5-7,9-12,14-17,23,29,31-32,41H,8,13,18-22,24-25,37H2,1-4H3/t31-,32-/m1/s1.